The van der Waals surface area contributed by atoms with Gasteiger partial charge in [0.25, 0.3) is 0 Å². The number of halogens is 4. The number of benzene rings is 2. The van der Waals surface area contributed by atoms with E-state index in [1.165, 1.54) is 19.2 Å². The molecule has 0 amide bonds. The zero-order valence-corrected chi connectivity index (χ0v) is 13.7. The van der Waals surface area contributed by atoms with E-state index < -0.39 is 17.7 Å². The molecule has 21 heavy (non-hydrogen) atoms. The van der Waals surface area contributed by atoms with E-state index in [0.29, 0.717) is 20.8 Å². The number of hydrogen-bond donors (Lipinski definition) is 1. The maximum Gasteiger partial charge on any atom is 0.137 e. The highest BCUT2D eigenvalue weighted by Gasteiger charge is 2.22. The van der Waals surface area contributed by atoms with Crippen molar-refractivity contribution in [3.63, 3.8) is 0 Å². The Balaban J connectivity index is 2.55. The molecule has 0 spiro atoms. The second kappa shape index (κ2) is 6.73. The molecule has 0 saturated heterocycles. The molecule has 0 bridgehead atoms. The van der Waals surface area contributed by atoms with Gasteiger partial charge in [-0.15, -0.1) is 0 Å². The maximum atomic E-state index is 14.1. The molecule has 0 aliphatic rings. The Hall–Kier alpha value is -1.17. The number of rotatable bonds is 4. The Kier molecular flexibility index (Phi) is 5.19. The summed E-state index contributed by atoms with van der Waals surface area (Å²) in [4.78, 5) is 0. The molecule has 2 aromatic carbocycles. The Labute approximate surface area is 135 Å². The summed E-state index contributed by atoms with van der Waals surface area (Å²) >= 11 is 9.04. The van der Waals surface area contributed by atoms with Gasteiger partial charge in [0.05, 0.1) is 18.2 Å². The van der Waals surface area contributed by atoms with Gasteiger partial charge in [0, 0.05) is 10.0 Å². The monoisotopic (exact) mass is 375 g/mol. The van der Waals surface area contributed by atoms with Crippen molar-refractivity contribution in [3.8, 4) is 5.75 Å². The summed E-state index contributed by atoms with van der Waals surface area (Å²) in [6, 6.07) is 6.81. The fraction of sp³-hybridized carbons (Fsp3) is 0.200. The van der Waals surface area contributed by atoms with Crippen LogP contribution in [0.5, 0.6) is 5.75 Å². The maximum absolute atomic E-state index is 14.1. The number of nitrogens with one attached hydrogen (secondary N) is 1. The third kappa shape index (κ3) is 3.36. The molecule has 0 saturated carbocycles. The summed E-state index contributed by atoms with van der Waals surface area (Å²) in [5.74, 6) is -0.808. The van der Waals surface area contributed by atoms with E-state index in [9.17, 15) is 8.78 Å². The smallest absolute Gasteiger partial charge is 0.137 e. The van der Waals surface area contributed by atoms with Gasteiger partial charge < -0.3 is 10.1 Å². The number of methoxy groups -OCH3 is 1. The normalized spacial score (nSPS) is 12.3. The Morgan fingerprint density at radius 2 is 1.81 bits per heavy atom. The predicted octanol–water partition coefficient (Wildman–Crippen LogP) is 4.70. The average Bonchev–Trinajstić information content (AvgIpc) is 2.43. The van der Waals surface area contributed by atoms with E-state index >= 15 is 0 Å². The quantitative estimate of drug-likeness (QED) is 0.835. The molecule has 2 nitrogen and oxygen atoms in total. The first-order valence-electron chi connectivity index (χ1n) is 6.13. The molecule has 0 radical (unpaired) electrons. The van der Waals surface area contributed by atoms with Gasteiger partial charge in [-0.1, -0.05) is 33.6 Å². The molecule has 0 heterocycles. The predicted molar refractivity (Wildman–Crippen MR) is 83.0 cm³/mol. The van der Waals surface area contributed by atoms with Crippen molar-refractivity contribution in [2.45, 2.75) is 6.04 Å². The molecular formula is C15H13BrClF2NO. The molecule has 0 aliphatic carbocycles. The van der Waals surface area contributed by atoms with Crippen LogP contribution in [0.25, 0.3) is 0 Å². The lowest BCUT2D eigenvalue weighted by molar-refractivity contribution is 0.413. The van der Waals surface area contributed by atoms with E-state index in [2.05, 4.69) is 21.2 Å². The minimum absolute atomic E-state index is 0.0509. The highest BCUT2D eigenvalue weighted by atomic mass is 79.9. The lowest BCUT2D eigenvalue weighted by Gasteiger charge is -2.20. The lowest BCUT2D eigenvalue weighted by atomic mass is 9.97. The van der Waals surface area contributed by atoms with Crippen molar-refractivity contribution < 1.29 is 13.5 Å². The highest BCUT2D eigenvalue weighted by Crippen LogP contribution is 2.33. The Morgan fingerprint density at radius 1 is 1.19 bits per heavy atom. The van der Waals surface area contributed by atoms with Crippen LogP contribution in [0.1, 0.15) is 17.2 Å². The van der Waals surface area contributed by atoms with E-state index in [4.69, 9.17) is 16.3 Å². The summed E-state index contributed by atoms with van der Waals surface area (Å²) < 4.78 is 33.7. The first kappa shape index (κ1) is 16.2. The van der Waals surface area contributed by atoms with Crippen molar-refractivity contribution in [2.75, 3.05) is 14.2 Å². The molecule has 0 fully saturated rings. The number of ether oxygens (including phenoxy) is 1. The summed E-state index contributed by atoms with van der Waals surface area (Å²) in [6.07, 6.45) is 0. The molecule has 6 heteroatoms. The zero-order chi connectivity index (χ0) is 15.6. The van der Waals surface area contributed by atoms with Crippen LogP contribution in [0, 0.1) is 11.6 Å². The van der Waals surface area contributed by atoms with E-state index in [0.717, 1.165) is 0 Å². The van der Waals surface area contributed by atoms with Gasteiger partial charge in [-0.3, -0.25) is 0 Å². The molecule has 112 valence electrons. The molecule has 1 unspecified atom stereocenters. The summed E-state index contributed by atoms with van der Waals surface area (Å²) in [7, 11) is 3.12. The minimum atomic E-state index is -0.649. The van der Waals surface area contributed by atoms with Gasteiger partial charge in [-0.2, -0.15) is 0 Å². The third-order valence-electron chi connectivity index (χ3n) is 3.13. The van der Waals surface area contributed by atoms with Gasteiger partial charge >= 0.3 is 0 Å². The molecule has 1 N–H and O–H groups in total. The van der Waals surface area contributed by atoms with Crippen LogP contribution in [0.2, 0.25) is 5.02 Å². The van der Waals surface area contributed by atoms with Crippen LogP contribution in [-0.2, 0) is 0 Å². The van der Waals surface area contributed by atoms with E-state index in [1.54, 1.807) is 25.2 Å². The minimum Gasteiger partial charge on any atom is -0.495 e. The first-order valence-corrected chi connectivity index (χ1v) is 7.30. The molecule has 0 aromatic heterocycles. The lowest BCUT2D eigenvalue weighted by Crippen LogP contribution is -2.20. The second-order valence-corrected chi connectivity index (χ2v) is 5.72. The largest absolute Gasteiger partial charge is 0.495 e. The van der Waals surface area contributed by atoms with Crippen LogP contribution in [0.3, 0.4) is 0 Å². The van der Waals surface area contributed by atoms with E-state index in [1.807, 2.05) is 0 Å². The Morgan fingerprint density at radius 3 is 2.33 bits per heavy atom. The summed E-state index contributed by atoms with van der Waals surface area (Å²) in [6.45, 7) is 0. The highest BCUT2D eigenvalue weighted by molar-refractivity contribution is 9.10. The van der Waals surface area contributed by atoms with Gasteiger partial charge in [0.1, 0.15) is 17.4 Å². The van der Waals surface area contributed by atoms with Crippen LogP contribution >= 0.6 is 27.5 Å². The van der Waals surface area contributed by atoms with Gasteiger partial charge in [0.15, 0.2) is 0 Å². The summed E-state index contributed by atoms with van der Waals surface area (Å²) in [5, 5.41) is 3.35. The second-order valence-electron chi connectivity index (χ2n) is 4.40. The zero-order valence-electron chi connectivity index (χ0n) is 11.4. The third-order valence-corrected chi connectivity index (χ3v) is 3.90. The first-order chi connectivity index (χ1) is 9.97. The van der Waals surface area contributed by atoms with Gasteiger partial charge in [-0.05, 0) is 36.9 Å². The molecule has 2 aromatic rings. The van der Waals surface area contributed by atoms with Gasteiger partial charge in [0.2, 0.25) is 0 Å². The van der Waals surface area contributed by atoms with Crippen molar-refractivity contribution in [3.05, 3.63) is 62.6 Å². The van der Waals surface area contributed by atoms with Crippen molar-refractivity contribution in [1.82, 2.24) is 5.32 Å². The van der Waals surface area contributed by atoms with Crippen LogP contribution in [0.4, 0.5) is 8.78 Å². The molecule has 2 rings (SSSR count). The standard InChI is InChI=1S/C15H13BrClF2NO/c1-20-15(8-3-4-10(17)13(5-8)21-2)14-11(18)6-9(16)7-12(14)19/h3-7,15,20H,1-2H3. The average molecular weight is 377 g/mol. The molecule has 0 aliphatic heterocycles. The Bertz CT molecular complexity index is 643. The topological polar surface area (TPSA) is 21.3 Å². The summed E-state index contributed by atoms with van der Waals surface area (Å²) in [5.41, 5.74) is 0.601. The van der Waals surface area contributed by atoms with Crippen LogP contribution in [0.15, 0.2) is 34.8 Å². The van der Waals surface area contributed by atoms with Crippen LogP contribution < -0.4 is 10.1 Å². The van der Waals surface area contributed by atoms with Gasteiger partial charge in [-0.25, -0.2) is 8.78 Å². The van der Waals surface area contributed by atoms with Crippen molar-refractivity contribution in [1.29, 1.82) is 0 Å². The van der Waals surface area contributed by atoms with Crippen molar-refractivity contribution in [2.24, 2.45) is 0 Å². The molecule has 1 atom stereocenters. The van der Waals surface area contributed by atoms with Crippen molar-refractivity contribution >= 4 is 27.5 Å². The fourth-order valence-electron chi connectivity index (χ4n) is 2.16. The SMILES string of the molecule is CNC(c1ccc(Cl)c(OC)c1)c1c(F)cc(Br)cc1F. The fourth-order valence-corrected chi connectivity index (χ4v) is 2.76. The molecular weight excluding hydrogens is 364 g/mol. The number of hydrogen-bond acceptors (Lipinski definition) is 2. The van der Waals surface area contributed by atoms with Crippen LogP contribution in [-0.4, -0.2) is 14.2 Å². The van der Waals surface area contributed by atoms with E-state index in [-0.39, 0.29) is 5.56 Å².